The summed E-state index contributed by atoms with van der Waals surface area (Å²) in [5.74, 6) is -0.210. The third-order valence-corrected chi connectivity index (χ3v) is 5.01. The maximum absolute atomic E-state index is 12.9. The minimum absolute atomic E-state index is 0.210. The number of anilines is 1. The first-order valence-electron chi connectivity index (χ1n) is 8.41. The molecule has 3 aromatic rings. The summed E-state index contributed by atoms with van der Waals surface area (Å²) in [5.41, 5.74) is 2.17. The van der Waals surface area contributed by atoms with Gasteiger partial charge in [0.25, 0.3) is 0 Å². The fourth-order valence-electron chi connectivity index (χ4n) is 2.61. The molecular formula is C18H22FN5S. The molecule has 0 aliphatic rings. The average Bonchev–Trinajstić information content (AvgIpc) is 3.27. The molecule has 0 aliphatic heterocycles. The van der Waals surface area contributed by atoms with E-state index in [2.05, 4.69) is 44.9 Å². The van der Waals surface area contributed by atoms with Gasteiger partial charge in [0.1, 0.15) is 5.82 Å². The Labute approximate surface area is 151 Å². The van der Waals surface area contributed by atoms with Crippen molar-refractivity contribution < 1.29 is 4.39 Å². The summed E-state index contributed by atoms with van der Waals surface area (Å²) >= 11 is 1.59. The van der Waals surface area contributed by atoms with E-state index in [0.29, 0.717) is 13.1 Å². The Morgan fingerprint density at radius 2 is 1.84 bits per heavy atom. The highest BCUT2D eigenvalue weighted by molar-refractivity contribution is 7.17. The minimum atomic E-state index is -0.210. The van der Waals surface area contributed by atoms with Crippen molar-refractivity contribution in [2.45, 2.75) is 26.9 Å². The molecule has 0 amide bonds. The summed E-state index contributed by atoms with van der Waals surface area (Å²) in [6.07, 6.45) is 2.00. The van der Waals surface area contributed by atoms with E-state index in [9.17, 15) is 4.39 Å². The SMILES string of the molecule is CCN(CC)c1nnc(-n2cccc2CNCc2ccc(F)cc2)s1. The number of halogens is 1. The predicted molar refractivity (Wildman–Crippen MR) is 99.7 cm³/mol. The third-order valence-electron chi connectivity index (χ3n) is 4.03. The van der Waals surface area contributed by atoms with Crippen molar-refractivity contribution in [1.82, 2.24) is 20.1 Å². The molecule has 25 heavy (non-hydrogen) atoms. The fraction of sp³-hybridized carbons (Fsp3) is 0.333. The van der Waals surface area contributed by atoms with Crippen molar-refractivity contribution in [3.63, 3.8) is 0 Å². The molecule has 1 aromatic carbocycles. The second-order valence-electron chi connectivity index (χ2n) is 5.64. The van der Waals surface area contributed by atoms with Crippen molar-refractivity contribution in [3.05, 3.63) is 59.7 Å². The molecule has 0 saturated heterocycles. The lowest BCUT2D eigenvalue weighted by molar-refractivity contribution is 0.624. The van der Waals surface area contributed by atoms with Crippen LogP contribution in [-0.4, -0.2) is 27.9 Å². The Kier molecular flexibility index (Phi) is 5.78. The van der Waals surface area contributed by atoms with Gasteiger partial charge in [-0.1, -0.05) is 23.5 Å². The molecule has 0 unspecified atom stereocenters. The second-order valence-corrected chi connectivity index (χ2v) is 6.57. The van der Waals surface area contributed by atoms with E-state index in [1.54, 1.807) is 23.5 Å². The van der Waals surface area contributed by atoms with Gasteiger partial charge in [-0.2, -0.15) is 0 Å². The van der Waals surface area contributed by atoms with Gasteiger partial charge in [0.15, 0.2) is 0 Å². The lowest BCUT2D eigenvalue weighted by atomic mass is 10.2. The maximum atomic E-state index is 12.9. The zero-order valence-electron chi connectivity index (χ0n) is 14.4. The van der Waals surface area contributed by atoms with E-state index in [-0.39, 0.29) is 5.82 Å². The predicted octanol–water partition coefficient (Wildman–Crippen LogP) is 3.60. The van der Waals surface area contributed by atoms with Crippen LogP contribution in [0.5, 0.6) is 0 Å². The summed E-state index contributed by atoms with van der Waals surface area (Å²) in [6.45, 7) is 7.46. The van der Waals surface area contributed by atoms with Crippen LogP contribution in [0, 0.1) is 5.82 Å². The van der Waals surface area contributed by atoms with Crippen molar-refractivity contribution in [2.24, 2.45) is 0 Å². The van der Waals surface area contributed by atoms with Gasteiger partial charge in [0.2, 0.25) is 10.3 Å². The van der Waals surface area contributed by atoms with Crippen molar-refractivity contribution in [2.75, 3.05) is 18.0 Å². The van der Waals surface area contributed by atoms with Crippen LogP contribution in [0.1, 0.15) is 25.1 Å². The maximum Gasteiger partial charge on any atom is 0.218 e. The molecule has 0 saturated carbocycles. The van der Waals surface area contributed by atoms with Crippen LogP contribution in [0.15, 0.2) is 42.6 Å². The Morgan fingerprint density at radius 3 is 2.56 bits per heavy atom. The van der Waals surface area contributed by atoms with Crippen molar-refractivity contribution in [1.29, 1.82) is 0 Å². The number of hydrogen-bond acceptors (Lipinski definition) is 5. The van der Waals surface area contributed by atoms with Gasteiger partial charge in [0, 0.05) is 38.1 Å². The summed E-state index contributed by atoms with van der Waals surface area (Å²) in [7, 11) is 0. The number of rotatable bonds is 8. The minimum Gasteiger partial charge on any atom is -0.347 e. The molecule has 7 heteroatoms. The van der Waals surface area contributed by atoms with Gasteiger partial charge in [-0.15, -0.1) is 10.2 Å². The van der Waals surface area contributed by atoms with E-state index < -0.39 is 0 Å². The third kappa shape index (κ3) is 4.24. The normalized spacial score (nSPS) is 11.0. The highest BCUT2D eigenvalue weighted by Crippen LogP contribution is 2.24. The monoisotopic (exact) mass is 359 g/mol. The van der Waals surface area contributed by atoms with Crippen LogP contribution in [0.4, 0.5) is 9.52 Å². The van der Waals surface area contributed by atoms with Gasteiger partial charge in [-0.25, -0.2) is 4.39 Å². The van der Waals surface area contributed by atoms with Crippen molar-refractivity contribution >= 4 is 16.5 Å². The first-order valence-corrected chi connectivity index (χ1v) is 9.23. The lowest BCUT2D eigenvalue weighted by Gasteiger charge is -2.15. The molecule has 3 rings (SSSR count). The molecule has 2 heterocycles. The molecule has 5 nitrogen and oxygen atoms in total. The first kappa shape index (κ1) is 17.6. The van der Waals surface area contributed by atoms with Gasteiger partial charge >= 0.3 is 0 Å². The Bertz CT molecular complexity index is 792. The van der Waals surface area contributed by atoms with Gasteiger partial charge in [-0.05, 0) is 43.7 Å². The highest BCUT2D eigenvalue weighted by Gasteiger charge is 2.12. The van der Waals surface area contributed by atoms with Crippen LogP contribution in [0.3, 0.4) is 0 Å². The number of nitrogens with one attached hydrogen (secondary N) is 1. The van der Waals surface area contributed by atoms with Gasteiger partial charge in [-0.3, -0.25) is 4.57 Å². The Hall–Kier alpha value is -2.25. The van der Waals surface area contributed by atoms with Crippen molar-refractivity contribution in [3.8, 4) is 5.13 Å². The quantitative estimate of drug-likeness (QED) is 0.667. The molecule has 132 valence electrons. The summed E-state index contributed by atoms with van der Waals surface area (Å²) < 4.78 is 15.0. The molecule has 0 fully saturated rings. The average molecular weight is 359 g/mol. The van der Waals surface area contributed by atoms with Crippen LogP contribution in [0.2, 0.25) is 0 Å². The molecule has 0 atom stereocenters. The first-order chi connectivity index (χ1) is 12.2. The molecule has 0 radical (unpaired) electrons. The highest BCUT2D eigenvalue weighted by atomic mass is 32.1. The van der Waals surface area contributed by atoms with Crippen LogP contribution in [0.25, 0.3) is 5.13 Å². The van der Waals surface area contributed by atoms with E-state index in [1.807, 2.05) is 12.3 Å². The van der Waals surface area contributed by atoms with E-state index in [1.165, 1.54) is 12.1 Å². The number of benzene rings is 1. The summed E-state index contributed by atoms with van der Waals surface area (Å²) in [4.78, 5) is 2.19. The van der Waals surface area contributed by atoms with Gasteiger partial charge < -0.3 is 10.2 Å². The largest absolute Gasteiger partial charge is 0.347 e. The van der Waals surface area contributed by atoms with Crippen LogP contribution in [-0.2, 0) is 13.1 Å². The van der Waals surface area contributed by atoms with E-state index >= 15 is 0 Å². The number of aromatic nitrogens is 3. The molecule has 0 aliphatic carbocycles. The number of hydrogen-bond donors (Lipinski definition) is 1. The smallest absolute Gasteiger partial charge is 0.218 e. The molecule has 1 N–H and O–H groups in total. The fourth-order valence-corrected chi connectivity index (χ4v) is 3.60. The Balaban J connectivity index is 1.65. The standard InChI is InChI=1S/C18H22FN5S/c1-3-23(4-2)17-21-22-18(25-17)24-11-5-6-16(24)13-20-12-14-7-9-15(19)10-8-14/h5-11,20H,3-4,12-13H2,1-2H3. The van der Waals surface area contributed by atoms with E-state index in [4.69, 9.17) is 0 Å². The van der Waals surface area contributed by atoms with E-state index in [0.717, 1.165) is 34.6 Å². The number of nitrogens with zero attached hydrogens (tertiary/aromatic N) is 4. The molecule has 2 aromatic heterocycles. The molecule has 0 bridgehead atoms. The van der Waals surface area contributed by atoms with Crippen LogP contribution >= 0.6 is 11.3 Å². The molecular weight excluding hydrogens is 337 g/mol. The van der Waals surface area contributed by atoms with Gasteiger partial charge in [0.05, 0.1) is 0 Å². The second kappa shape index (κ2) is 8.22. The zero-order chi connectivity index (χ0) is 17.6. The van der Waals surface area contributed by atoms with Crippen LogP contribution < -0.4 is 10.2 Å². The molecule has 0 spiro atoms. The lowest BCUT2D eigenvalue weighted by Crippen LogP contribution is -2.21. The summed E-state index contributed by atoms with van der Waals surface area (Å²) in [6, 6.07) is 10.6. The topological polar surface area (TPSA) is 46.0 Å². The Morgan fingerprint density at radius 1 is 1.08 bits per heavy atom. The zero-order valence-corrected chi connectivity index (χ0v) is 15.3. The summed E-state index contributed by atoms with van der Waals surface area (Å²) in [5, 5.41) is 13.8.